The first-order valence-electron chi connectivity index (χ1n) is 6.00. The van der Waals surface area contributed by atoms with Gasteiger partial charge in [-0.2, -0.15) is 0 Å². The molecule has 1 aromatic rings. The lowest BCUT2D eigenvalue weighted by Crippen LogP contribution is -2.33. The highest BCUT2D eigenvalue weighted by Gasteiger charge is 2.29. The van der Waals surface area contributed by atoms with Crippen molar-refractivity contribution in [1.29, 1.82) is 0 Å². The Labute approximate surface area is 125 Å². The molecular formula is C14H19BrFNOS. The second kappa shape index (κ2) is 6.77. The molecule has 0 aliphatic carbocycles. The molecule has 19 heavy (non-hydrogen) atoms. The number of hydrogen-bond acceptors (Lipinski definition) is 1. The first-order valence-corrected chi connectivity index (χ1v) is 8.00. The molecule has 2 nitrogen and oxygen atoms in total. The van der Waals surface area contributed by atoms with Gasteiger partial charge in [-0.05, 0) is 56.4 Å². The van der Waals surface area contributed by atoms with Crippen LogP contribution in [-0.4, -0.2) is 8.96 Å². The number of benzene rings is 1. The number of halogens is 2. The topological polar surface area (TPSA) is 43.1 Å². The fourth-order valence-electron chi connectivity index (χ4n) is 2.02. The zero-order chi connectivity index (χ0) is 14.6. The molecule has 0 heterocycles. The van der Waals surface area contributed by atoms with Crippen molar-refractivity contribution in [1.82, 2.24) is 0 Å². The quantitative estimate of drug-likeness (QED) is 0.775. The van der Waals surface area contributed by atoms with Crippen LogP contribution in [0.15, 0.2) is 35.3 Å². The van der Waals surface area contributed by atoms with E-state index in [4.69, 9.17) is 5.14 Å². The number of nitrogens with two attached hydrogens (primary N) is 1. The summed E-state index contributed by atoms with van der Waals surface area (Å²) in [5.74, 6) is -0.246. The van der Waals surface area contributed by atoms with Crippen molar-refractivity contribution in [3.05, 3.63) is 46.7 Å². The Morgan fingerprint density at radius 3 is 2.74 bits per heavy atom. The Morgan fingerprint density at radius 1 is 1.58 bits per heavy atom. The van der Waals surface area contributed by atoms with E-state index in [0.717, 1.165) is 10.0 Å². The molecule has 0 aromatic heterocycles. The molecule has 0 aliphatic rings. The van der Waals surface area contributed by atoms with Gasteiger partial charge in [0.25, 0.3) is 0 Å². The van der Waals surface area contributed by atoms with E-state index >= 15 is 0 Å². The highest BCUT2D eigenvalue weighted by atomic mass is 79.9. The molecule has 0 saturated heterocycles. The van der Waals surface area contributed by atoms with Crippen LogP contribution in [0.3, 0.4) is 0 Å². The van der Waals surface area contributed by atoms with Gasteiger partial charge in [0.15, 0.2) is 0 Å². The number of hydrogen-bond donors (Lipinski definition) is 1. The predicted molar refractivity (Wildman–Crippen MR) is 82.7 cm³/mol. The van der Waals surface area contributed by atoms with Crippen LogP contribution in [-0.2, 0) is 11.0 Å². The van der Waals surface area contributed by atoms with E-state index in [2.05, 4.69) is 22.5 Å². The third-order valence-electron chi connectivity index (χ3n) is 3.13. The third-order valence-corrected chi connectivity index (χ3v) is 5.11. The molecule has 1 unspecified atom stereocenters. The van der Waals surface area contributed by atoms with Crippen LogP contribution in [0.25, 0.3) is 0 Å². The first kappa shape index (κ1) is 16.5. The molecule has 0 fully saturated rings. The molecular weight excluding hydrogens is 329 g/mol. The smallest absolute Gasteiger partial charge is 0.123 e. The van der Waals surface area contributed by atoms with Gasteiger partial charge in [-0.15, -0.1) is 6.58 Å². The SMILES string of the molecule is C=CC[C@H](CC(C)(C)S(N)=O)c1cc(F)ccc1Br. The molecule has 0 bridgehead atoms. The van der Waals surface area contributed by atoms with E-state index in [9.17, 15) is 8.60 Å². The van der Waals surface area contributed by atoms with E-state index in [-0.39, 0.29) is 11.7 Å². The summed E-state index contributed by atoms with van der Waals surface area (Å²) in [5, 5.41) is 5.52. The molecule has 0 radical (unpaired) electrons. The van der Waals surface area contributed by atoms with E-state index in [1.165, 1.54) is 12.1 Å². The van der Waals surface area contributed by atoms with Gasteiger partial charge in [0.05, 0.1) is 15.7 Å². The van der Waals surface area contributed by atoms with Crippen LogP contribution in [0.4, 0.5) is 4.39 Å². The van der Waals surface area contributed by atoms with Gasteiger partial charge in [-0.3, -0.25) is 5.14 Å². The van der Waals surface area contributed by atoms with Crippen molar-refractivity contribution in [2.24, 2.45) is 5.14 Å². The van der Waals surface area contributed by atoms with Crippen LogP contribution >= 0.6 is 15.9 Å². The largest absolute Gasteiger partial charge is 0.251 e. The summed E-state index contributed by atoms with van der Waals surface area (Å²) in [4.78, 5) is 0. The molecule has 0 spiro atoms. The summed E-state index contributed by atoms with van der Waals surface area (Å²) in [6.45, 7) is 7.44. The standard InChI is InChI=1S/C14H19BrFNOS/c1-4-5-10(9-14(2,3)19(17)18)12-8-11(16)6-7-13(12)15/h4,6-8,10H,1,5,9,17H2,2-3H3/t10-,19?/m1/s1. The molecule has 5 heteroatoms. The lowest BCUT2D eigenvalue weighted by atomic mass is 9.87. The van der Waals surface area contributed by atoms with E-state index in [0.29, 0.717) is 12.8 Å². The Bertz CT molecular complexity index is 490. The van der Waals surface area contributed by atoms with Crippen molar-refractivity contribution in [3.8, 4) is 0 Å². The lowest BCUT2D eigenvalue weighted by Gasteiger charge is -2.27. The summed E-state index contributed by atoms with van der Waals surface area (Å²) < 4.78 is 25.3. The van der Waals surface area contributed by atoms with Gasteiger partial charge in [0.1, 0.15) is 5.82 Å². The predicted octanol–water partition coefficient (Wildman–Crippen LogP) is 4.04. The van der Waals surface area contributed by atoms with Crippen molar-refractivity contribution < 1.29 is 8.60 Å². The van der Waals surface area contributed by atoms with E-state index in [1.807, 2.05) is 13.8 Å². The lowest BCUT2D eigenvalue weighted by molar-refractivity contribution is 0.515. The zero-order valence-electron chi connectivity index (χ0n) is 11.2. The minimum absolute atomic E-state index is 0.0325. The fourth-order valence-corrected chi connectivity index (χ4v) is 2.96. The minimum Gasteiger partial charge on any atom is -0.251 e. The van der Waals surface area contributed by atoms with Gasteiger partial charge in [0.2, 0.25) is 0 Å². The second-order valence-corrected chi connectivity index (χ2v) is 7.70. The van der Waals surface area contributed by atoms with Crippen LogP contribution in [0, 0.1) is 5.82 Å². The third kappa shape index (κ3) is 4.51. The van der Waals surface area contributed by atoms with Gasteiger partial charge in [-0.1, -0.05) is 22.0 Å². The monoisotopic (exact) mass is 347 g/mol. The molecule has 106 valence electrons. The average Bonchev–Trinajstić information content (AvgIpc) is 2.31. The van der Waals surface area contributed by atoms with Gasteiger partial charge in [0, 0.05) is 4.47 Å². The summed E-state index contributed by atoms with van der Waals surface area (Å²) >= 11 is 3.44. The van der Waals surface area contributed by atoms with Gasteiger partial charge >= 0.3 is 0 Å². The van der Waals surface area contributed by atoms with Crippen molar-refractivity contribution in [3.63, 3.8) is 0 Å². The van der Waals surface area contributed by atoms with Crippen molar-refractivity contribution in [2.45, 2.75) is 37.4 Å². The number of allylic oxidation sites excluding steroid dienone is 1. The fraction of sp³-hybridized carbons (Fsp3) is 0.429. The highest BCUT2D eigenvalue weighted by molar-refractivity contribution is 9.10. The summed E-state index contributed by atoms with van der Waals surface area (Å²) in [6.07, 6.45) is 3.07. The summed E-state index contributed by atoms with van der Waals surface area (Å²) in [6, 6.07) is 4.60. The van der Waals surface area contributed by atoms with Gasteiger partial charge < -0.3 is 0 Å². The Morgan fingerprint density at radius 2 is 2.21 bits per heavy atom. The van der Waals surface area contributed by atoms with E-state index < -0.39 is 15.7 Å². The first-order chi connectivity index (χ1) is 8.77. The molecule has 0 amide bonds. The van der Waals surface area contributed by atoms with Crippen LogP contribution in [0.1, 0.15) is 38.2 Å². The number of rotatable bonds is 6. The van der Waals surface area contributed by atoms with Crippen molar-refractivity contribution >= 4 is 26.9 Å². The molecule has 0 saturated carbocycles. The molecule has 2 atom stereocenters. The average molecular weight is 348 g/mol. The molecule has 1 rings (SSSR count). The maximum Gasteiger partial charge on any atom is 0.123 e. The molecule has 2 N–H and O–H groups in total. The van der Waals surface area contributed by atoms with Crippen LogP contribution in [0.5, 0.6) is 0 Å². The van der Waals surface area contributed by atoms with E-state index in [1.54, 1.807) is 12.1 Å². The zero-order valence-corrected chi connectivity index (χ0v) is 13.6. The van der Waals surface area contributed by atoms with Gasteiger partial charge in [-0.25, -0.2) is 8.60 Å². The van der Waals surface area contributed by atoms with Crippen molar-refractivity contribution in [2.75, 3.05) is 0 Å². The maximum atomic E-state index is 13.4. The normalized spacial score (nSPS) is 15.0. The minimum atomic E-state index is -1.43. The highest BCUT2D eigenvalue weighted by Crippen LogP contribution is 2.35. The summed E-state index contributed by atoms with van der Waals surface area (Å²) in [5.41, 5.74) is 0.860. The maximum absolute atomic E-state index is 13.4. The Hall–Kier alpha value is -0.520. The molecule has 1 aromatic carbocycles. The second-order valence-electron chi connectivity index (χ2n) is 5.15. The van der Waals surface area contributed by atoms with Crippen LogP contribution < -0.4 is 5.14 Å². The Kier molecular flexibility index (Phi) is 5.89. The Balaban J connectivity index is 3.10. The van der Waals surface area contributed by atoms with Crippen LogP contribution in [0.2, 0.25) is 0 Å². The molecule has 0 aliphatic heterocycles. The summed E-state index contributed by atoms with van der Waals surface area (Å²) in [7, 11) is -1.43.